The van der Waals surface area contributed by atoms with Gasteiger partial charge in [-0.25, -0.2) is 16.8 Å². The first-order chi connectivity index (χ1) is 13.5. The largest absolute Gasteiger partial charge is 1.00 e. The number of carbonyl (C=O) groups is 6. The summed E-state index contributed by atoms with van der Waals surface area (Å²) < 4.78 is 67.0. The standard InChI is InChI=1S/C12H12N2O14S2.4Na/c15-6-1-4(29(23,24)25)9(19)13(6)12(11(21)22,3-8(17)18)14-7(16)2-5(10(14)20)30(26,27)28;;;;/h4-5H,1-3H2,(H,17,18)(H,21,22)(H,23,24,25)(H,26,27,28);;;;/q;4*+1/p-4. The van der Waals surface area contributed by atoms with Crippen molar-refractivity contribution in [1.82, 2.24) is 9.80 Å². The van der Waals surface area contributed by atoms with Gasteiger partial charge in [-0.2, -0.15) is 0 Å². The van der Waals surface area contributed by atoms with Crippen LogP contribution in [-0.4, -0.2) is 87.5 Å². The number of likely N-dealkylation sites (tertiary alicyclic amines) is 2. The molecule has 2 unspecified atom stereocenters. The van der Waals surface area contributed by atoms with E-state index >= 15 is 0 Å². The minimum Gasteiger partial charge on any atom is -0.747 e. The zero-order chi connectivity index (χ0) is 23.4. The Kier molecular flexibility index (Phi) is 16.0. The molecule has 2 rings (SSSR count). The first-order valence-electron chi connectivity index (χ1n) is 7.50. The molecule has 2 aliphatic rings. The molecule has 2 saturated heterocycles. The third-order valence-corrected chi connectivity index (χ3v) is 6.50. The van der Waals surface area contributed by atoms with Crippen LogP contribution in [-0.2, 0) is 49.0 Å². The van der Waals surface area contributed by atoms with E-state index in [0.29, 0.717) is 0 Å². The molecular formula is C12H8N2Na4O14S2. The number of aliphatic carboxylic acids is 2. The van der Waals surface area contributed by atoms with Gasteiger partial charge in [-0.05, 0) is 0 Å². The van der Waals surface area contributed by atoms with Crippen molar-refractivity contribution in [3.63, 3.8) is 0 Å². The molecule has 2 aliphatic heterocycles. The first-order valence-corrected chi connectivity index (χ1v) is 10.4. The number of nitrogens with zero attached hydrogens (tertiary/aromatic N) is 2. The van der Waals surface area contributed by atoms with E-state index in [0.717, 1.165) is 0 Å². The maximum Gasteiger partial charge on any atom is 1.00 e. The van der Waals surface area contributed by atoms with Gasteiger partial charge in [-0.1, -0.05) is 0 Å². The van der Waals surface area contributed by atoms with Crippen LogP contribution in [0.5, 0.6) is 0 Å². The fourth-order valence-corrected chi connectivity index (χ4v) is 4.55. The Balaban J connectivity index is -0.00000240. The SMILES string of the molecule is O=C([O-])CC(C(=O)[O-])(N1C(=O)CC(S(=O)(=O)[O-])C1=O)N1C(=O)CC(S(=O)(=O)[O-])C1=O.[Na+].[Na+].[Na+].[Na+]. The van der Waals surface area contributed by atoms with Crippen LogP contribution in [0.25, 0.3) is 0 Å². The van der Waals surface area contributed by atoms with Gasteiger partial charge in [0, 0.05) is 12.4 Å². The van der Waals surface area contributed by atoms with Gasteiger partial charge in [-0.15, -0.1) is 0 Å². The van der Waals surface area contributed by atoms with E-state index in [4.69, 9.17) is 0 Å². The maximum absolute atomic E-state index is 12.3. The topological polar surface area (TPSA) is 269 Å². The molecule has 34 heavy (non-hydrogen) atoms. The second-order valence-corrected chi connectivity index (χ2v) is 9.27. The third kappa shape index (κ3) is 7.33. The summed E-state index contributed by atoms with van der Waals surface area (Å²) in [6, 6.07) is 0. The second-order valence-electron chi connectivity index (χ2n) is 6.16. The van der Waals surface area contributed by atoms with Crippen molar-refractivity contribution in [2.24, 2.45) is 0 Å². The summed E-state index contributed by atoms with van der Waals surface area (Å²) in [7, 11) is -11.2. The Morgan fingerprint density at radius 1 is 0.765 bits per heavy atom. The van der Waals surface area contributed by atoms with Crippen LogP contribution >= 0.6 is 0 Å². The van der Waals surface area contributed by atoms with E-state index in [1.807, 2.05) is 0 Å². The van der Waals surface area contributed by atoms with E-state index in [2.05, 4.69) is 0 Å². The normalized spacial score (nSPS) is 22.1. The van der Waals surface area contributed by atoms with E-state index in [-0.39, 0.29) is 118 Å². The summed E-state index contributed by atoms with van der Waals surface area (Å²) in [6.07, 6.45) is -5.00. The van der Waals surface area contributed by atoms with Crippen molar-refractivity contribution in [2.45, 2.75) is 35.4 Å². The molecule has 0 aromatic carbocycles. The number of carboxylic acid groups (broad SMARTS) is 2. The Morgan fingerprint density at radius 2 is 1.06 bits per heavy atom. The molecule has 0 aliphatic carbocycles. The van der Waals surface area contributed by atoms with Gasteiger partial charge in [0.1, 0.15) is 30.7 Å². The molecule has 4 amide bonds. The number of rotatable bonds is 7. The van der Waals surface area contributed by atoms with Crippen molar-refractivity contribution in [3.05, 3.63) is 0 Å². The quantitative estimate of drug-likeness (QED) is 0.159. The van der Waals surface area contributed by atoms with Gasteiger partial charge in [0.05, 0.1) is 18.8 Å². The van der Waals surface area contributed by atoms with Gasteiger partial charge < -0.3 is 28.9 Å². The van der Waals surface area contributed by atoms with Gasteiger partial charge in [0.2, 0.25) is 23.6 Å². The van der Waals surface area contributed by atoms with Crippen LogP contribution in [0.15, 0.2) is 0 Å². The molecule has 0 saturated carbocycles. The number of carbonyl (C=O) groups excluding carboxylic acids is 6. The first kappa shape index (κ1) is 39.6. The number of hydrogen-bond donors (Lipinski definition) is 0. The fourth-order valence-electron chi connectivity index (χ4n) is 3.15. The van der Waals surface area contributed by atoms with Crippen molar-refractivity contribution >= 4 is 55.8 Å². The second kappa shape index (κ2) is 13.7. The Hall–Kier alpha value is 1.04. The molecule has 0 N–H and O–H groups in total. The van der Waals surface area contributed by atoms with Crippen LogP contribution < -0.4 is 128 Å². The zero-order valence-corrected chi connectivity index (χ0v) is 27.8. The van der Waals surface area contributed by atoms with Crippen LogP contribution in [0.3, 0.4) is 0 Å². The van der Waals surface area contributed by atoms with Crippen molar-refractivity contribution < 1.29 is 183 Å². The van der Waals surface area contributed by atoms with Gasteiger partial charge in [0.25, 0.3) is 0 Å². The molecule has 2 atom stereocenters. The molecule has 0 aromatic heterocycles. The van der Waals surface area contributed by atoms with Gasteiger partial charge in [0.15, 0.2) is 5.66 Å². The minimum absolute atomic E-state index is 0. The van der Waals surface area contributed by atoms with E-state index in [9.17, 15) is 64.9 Å². The predicted molar refractivity (Wildman–Crippen MR) is 77.3 cm³/mol. The Bertz CT molecular complexity index is 1040. The monoisotopic (exact) mass is 560 g/mol. The van der Waals surface area contributed by atoms with Crippen LogP contribution in [0.2, 0.25) is 0 Å². The summed E-state index contributed by atoms with van der Waals surface area (Å²) in [5, 5.41) is 17.6. The smallest absolute Gasteiger partial charge is 0.747 e. The molecule has 16 nitrogen and oxygen atoms in total. The Morgan fingerprint density at radius 3 is 1.24 bits per heavy atom. The van der Waals surface area contributed by atoms with E-state index in [1.165, 1.54) is 0 Å². The molecule has 2 heterocycles. The van der Waals surface area contributed by atoms with Crippen LogP contribution in [0.1, 0.15) is 19.3 Å². The van der Waals surface area contributed by atoms with Crippen LogP contribution in [0.4, 0.5) is 0 Å². The molecule has 0 spiro atoms. The molecule has 0 radical (unpaired) electrons. The summed E-state index contributed by atoms with van der Waals surface area (Å²) in [4.78, 5) is 70.8. The van der Waals surface area contributed by atoms with Crippen molar-refractivity contribution in [2.75, 3.05) is 0 Å². The van der Waals surface area contributed by atoms with E-state index < -0.39 is 101 Å². The summed E-state index contributed by atoms with van der Waals surface area (Å²) in [5.41, 5.74) is -3.93. The third-order valence-electron chi connectivity index (χ3n) is 4.36. The average Bonchev–Trinajstić information content (AvgIpc) is 3.01. The molecule has 0 aromatic rings. The van der Waals surface area contributed by atoms with E-state index in [1.54, 1.807) is 0 Å². The Labute approximate surface area is 280 Å². The summed E-state index contributed by atoms with van der Waals surface area (Å²) >= 11 is 0. The summed E-state index contributed by atoms with van der Waals surface area (Å²) in [6.45, 7) is 0. The molecule has 2 fully saturated rings. The number of hydrogen-bond acceptors (Lipinski definition) is 14. The number of imide groups is 2. The van der Waals surface area contributed by atoms with Gasteiger partial charge >= 0.3 is 118 Å². The molecule has 22 heteroatoms. The average molecular weight is 560 g/mol. The number of carboxylic acids is 2. The minimum atomic E-state index is -5.59. The fraction of sp³-hybridized carbons (Fsp3) is 0.500. The number of amides is 4. The summed E-state index contributed by atoms with van der Waals surface area (Å²) in [5.74, 6) is -13.0. The maximum atomic E-state index is 12.3. The van der Waals surface area contributed by atoms with Crippen molar-refractivity contribution in [1.29, 1.82) is 0 Å². The molecule has 166 valence electrons. The van der Waals surface area contributed by atoms with Crippen LogP contribution in [0, 0.1) is 0 Å². The van der Waals surface area contributed by atoms with Gasteiger partial charge in [-0.3, -0.25) is 29.0 Å². The van der Waals surface area contributed by atoms with Crippen molar-refractivity contribution in [3.8, 4) is 0 Å². The molecular weight excluding hydrogens is 552 g/mol. The zero-order valence-electron chi connectivity index (χ0n) is 18.2. The predicted octanol–water partition coefficient (Wildman–Crippen LogP) is -19.1. The molecule has 0 bridgehead atoms.